The number of benzene rings is 2. The topological polar surface area (TPSA) is 69.9 Å². The van der Waals surface area contributed by atoms with Crippen molar-refractivity contribution in [3.8, 4) is 0 Å². The zero-order valence-electron chi connectivity index (χ0n) is 21.8. The van der Waals surface area contributed by atoms with Gasteiger partial charge in [-0.3, -0.25) is 9.69 Å². The number of likely N-dealkylation sites (tertiary alicyclic amines) is 2. The van der Waals surface area contributed by atoms with Gasteiger partial charge in [-0.05, 0) is 61.9 Å². The molecule has 9 heteroatoms. The summed E-state index contributed by atoms with van der Waals surface area (Å²) in [7, 11) is 1.65. The molecule has 0 aromatic heterocycles. The molecule has 2 heterocycles. The van der Waals surface area contributed by atoms with Crippen molar-refractivity contribution in [3.63, 3.8) is 0 Å². The average Bonchev–Trinajstić information content (AvgIpc) is 3.23. The van der Waals surface area contributed by atoms with E-state index in [0.29, 0.717) is 30.1 Å². The number of fused-ring (bicyclic) bond motifs is 1. The Hall–Kier alpha value is -3.07. The van der Waals surface area contributed by atoms with Gasteiger partial charge in [-0.15, -0.1) is 0 Å². The SMILES string of the molecule is Cc1cc([C@@H](C)N(C)C(=O)N2CC[C@@H]3CN(CC(N)=O)CC3[C@@H]2c2ccccc2C)cc(C(F)(F)F)c1. The summed E-state index contributed by atoms with van der Waals surface area (Å²) in [5, 5.41) is 0. The van der Waals surface area contributed by atoms with Crippen LogP contribution in [0.5, 0.6) is 0 Å². The Balaban J connectivity index is 1.65. The lowest BCUT2D eigenvalue weighted by atomic mass is 9.78. The third-order valence-corrected chi connectivity index (χ3v) is 7.97. The first kappa shape index (κ1) is 27.0. The number of carbonyl (C=O) groups excluding carboxylic acids is 2. The molecule has 2 aromatic rings. The van der Waals surface area contributed by atoms with E-state index in [-0.39, 0.29) is 30.4 Å². The normalized spacial score (nSPS) is 23.0. The van der Waals surface area contributed by atoms with Crippen molar-refractivity contribution in [1.29, 1.82) is 0 Å². The van der Waals surface area contributed by atoms with E-state index in [4.69, 9.17) is 5.73 Å². The van der Waals surface area contributed by atoms with Crippen molar-refractivity contribution < 1.29 is 22.8 Å². The zero-order chi connectivity index (χ0) is 27.1. The highest BCUT2D eigenvalue weighted by molar-refractivity contribution is 5.76. The van der Waals surface area contributed by atoms with Crippen LogP contribution >= 0.6 is 0 Å². The molecule has 0 saturated carbocycles. The van der Waals surface area contributed by atoms with Crippen LogP contribution in [0.15, 0.2) is 42.5 Å². The lowest BCUT2D eigenvalue weighted by molar-refractivity contribution is -0.137. The van der Waals surface area contributed by atoms with Crippen molar-refractivity contribution in [2.75, 3.05) is 33.2 Å². The molecule has 1 unspecified atom stereocenters. The summed E-state index contributed by atoms with van der Waals surface area (Å²) in [5.74, 6) is 0.0727. The maximum absolute atomic E-state index is 14.0. The number of hydrogen-bond acceptors (Lipinski definition) is 3. The number of piperidine rings is 1. The van der Waals surface area contributed by atoms with Crippen molar-refractivity contribution in [1.82, 2.24) is 14.7 Å². The van der Waals surface area contributed by atoms with Crippen molar-refractivity contribution in [2.24, 2.45) is 17.6 Å². The average molecular weight is 517 g/mol. The third kappa shape index (κ3) is 5.61. The molecule has 37 heavy (non-hydrogen) atoms. The number of alkyl halides is 3. The Morgan fingerprint density at radius 2 is 1.84 bits per heavy atom. The van der Waals surface area contributed by atoms with Gasteiger partial charge in [0.05, 0.1) is 24.2 Å². The minimum absolute atomic E-state index is 0.123. The lowest BCUT2D eigenvalue weighted by Gasteiger charge is -2.45. The quantitative estimate of drug-likeness (QED) is 0.614. The Labute approximate surface area is 216 Å². The van der Waals surface area contributed by atoms with Gasteiger partial charge in [0.15, 0.2) is 0 Å². The summed E-state index contributed by atoms with van der Waals surface area (Å²) in [6.07, 6.45) is -3.67. The van der Waals surface area contributed by atoms with Crippen molar-refractivity contribution in [3.05, 3.63) is 70.3 Å². The van der Waals surface area contributed by atoms with Crippen LogP contribution in [0.2, 0.25) is 0 Å². The van der Waals surface area contributed by atoms with E-state index in [1.54, 1.807) is 27.0 Å². The van der Waals surface area contributed by atoms with E-state index in [1.807, 2.05) is 36.1 Å². The van der Waals surface area contributed by atoms with Crippen LogP contribution in [0.4, 0.5) is 18.0 Å². The van der Waals surface area contributed by atoms with Gasteiger partial charge < -0.3 is 15.5 Å². The fourth-order valence-corrected chi connectivity index (χ4v) is 6.02. The summed E-state index contributed by atoms with van der Waals surface area (Å²) in [6.45, 7) is 7.54. The molecule has 2 fully saturated rings. The highest BCUT2D eigenvalue weighted by atomic mass is 19.4. The smallest absolute Gasteiger partial charge is 0.369 e. The second-order valence-corrected chi connectivity index (χ2v) is 10.6. The molecule has 0 aliphatic carbocycles. The first-order valence-corrected chi connectivity index (χ1v) is 12.6. The van der Waals surface area contributed by atoms with E-state index >= 15 is 0 Å². The molecule has 4 atom stereocenters. The minimum Gasteiger partial charge on any atom is -0.369 e. The summed E-state index contributed by atoms with van der Waals surface area (Å²) in [6, 6.07) is 11.0. The molecule has 2 saturated heterocycles. The van der Waals surface area contributed by atoms with Crippen LogP contribution in [0.25, 0.3) is 0 Å². The van der Waals surface area contributed by atoms with Gasteiger partial charge in [-0.25, -0.2) is 4.79 Å². The first-order valence-electron chi connectivity index (χ1n) is 12.6. The summed E-state index contributed by atoms with van der Waals surface area (Å²) in [4.78, 5) is 31.0. The van der Waals surface area contributed by atoms with E-state index in [0.717, 1.165) is 36.2 Å². The Bertz CT molecular complexity index is 1170. The number of nitrogens with two attached hydrogens (primary N) is 1. The maximum Gasteiger partial charge on any atom is 0.416 e. The molecule has 2 aliphatic rings. The molecule has 2 aliphatic heterocycles. The Morgan fingerprint density at radius 3 is 2.49 bits per heavy atom. The molecule has 6 nitrogen and oxygen atoms in total. The molecule has 200 valence electrons. The van der Waals surface area contributed by atoms with Gasteiger partial charge >= 0.3 is 12.2 Å². The fourth-order valence-electron chi connectivity index (χ4n) is 6.02. The molecule has 4 rings (SSSR count). The monoisotopic (exact) mass is 516 g/mol. The van der Waals surface area contributed by atoms with E-state index in [9.17, 15) is 22.8 Å². The number of halogens is 3. The molecular weight excluding hydrogens is 481 g/mol. The van der Waals surface area contributed by atoms with Crippen molar-refractivity contribution >= 4 is 11.9 Å². The second-order valence-electron chi connectivity index (χ2n) is 10.6. The second kappa shape index (κ2) is 10.4. The van der Waals surface area contributed by atoms with Crippen LogP contribution in [0, 0.1) is 25.7 Å². The van der Waals surface area contributed by atoms with Crippen molar-refractivity contribution in [2.45, 2.75) is 45.5 Å². The Kier molecular flexibility index (Phi) is 7.55. The van der Waals surface area contributed by atoms with E-state index in [2.05, 4.69) is 4.90 Å². The van der Waals surface area contributed by atoms with E-state index < -0.39 is 17.8 Å². The maximum atomic E-state index is 14.0. The number of hydrogen-bond donors (Lipinski definition) is 1. The predicted octanol–water partition coefficient (Wildman–Crippen LogP) is 4.92. The number of amides is 3. The molecular formula is C28H35F3N4O2. The summed E-state index contributed by atoms with van der Waals surface area (Å²) >= 11 is 0. The highest BCUT2D eigenvalue weighted by Crippen LogP contribution is 2.45. The molecule has 3 amide bonds. The standard InChI is InChI=1S/C28H35F3N4O2/c1-17-11-21(13-22(12-17)28(29,30)31)19(3)33(4)27(37)35-10-9-20-14-34(16-25(32)36)15-24(20)26(35)23-8-6-5-7-18(23)2/h5-8,11-13,19-20,24,26H,9-10,14-16H2,1-4H3,(H2,32,36)/t19-,20-,24?,26+/m1/s1. The molecule has 0 bridgehead atoms. The summed E-state index contributed by atoms with van der Waals surface area (Å²) < 4.78 is 40.4. The molecule has 0 spiro atoms. The number of carbonyl (C=O) groups is 2. The number of primary amides is 1. The largest absolute Gasteiger partial charge is 0.416 e. The Morgan fingerprint density at radius 1 is 1.14 bits per heavy atom. The van der Waals surface area contributed by atoms with Crippen LogP contribution in [0.1, 0.15) is 53.2 Å². The summed E-state index contributed by atoms with van der Waals surface area (Å²) in [5.41, 5.74) is 7.82. The van der Waals surface area contributed by atoms with Gasteiger partial charge in [0.2, 0.25) is 5.91 Å². The number of aryl methyl sites for hydroxylation is 2. The fraction of sp³-hybridized carbons (Fsp3) is 0.500. The van der Waals surface area contributed by atoms with Crippen LogP contribution in [0.3, 0.4) is 0 Å². The molecule has 0 radical (unpaired) electrons. The first-order chi connectivity index (χ1) is 17.4. The van der Waals surface area contributed by atoms with Crippen LogP contribution in [-0.2, 0) is 11.0 Å². The lowest BCUT2D eigenvalue weighted by Crippen LogP contribution is -2.51. The predicted molar refractivity (Wildman–Crippen MR) is 136 cm³/mol. The molecule has 2 aromatic carbocycles. The van der Waals surface area contributed by atoms with Gasteiger partial charge in [0.25, 0.3) is 0 Å². The number of nitrogens with zero attached hydrogens (tertiary/aromatic N) is 3. The number of urea groups is 1. The van der Waals surface area contributed by atoms with Crippen LogP contribution < -0.4 is 5.73 Å². The highest BCUT2D eigenvalue weighted by Gasteiger charge is 2.47. The van der Waals surface area contributed by atoms with Crippen LogP contribution in [-0.4, -0.2) is 59.9 Å². The molecule has 2 N–H and O–H groups in total. The van der Waals surface area contributed by atoms with Gasteiger partial charge in [0, 0.05) is 32.6 Å². The van der Waals surface area contributed by atoms with Gasteiger partial charge in [-0.2, -0.15) is 13.2 Å². The third-order valence-electron chi connectivity index (χ3n) is 7.97. The number of rotatable bonds is 5. The minimum atomic E-state index is -4.46. The van der Waals surface area contributed by atoms with Gasteiger partial charge in [-0.1, -0.05) is 35.9 Å². The van der Waals surface area contributed by atoms with Gasteiger partial charge in [0.1, 0.15) is 0 Å². The van der Waals surface area contributed by atoms with E-state index in [1.165, 1.54) is 4.90 Å². The zero-order valence-corrected chi connectivity index (χ0v) is 21.8.